The molecular formula is C14H20BrN3O3. The molecule has 2 rings (SSSR count). The molecule has 6 nitrogen and oxygen atoms in total. The van der Waals surface area contributed by atoms with Crippen molar-refractivity contribution in [1.29, 1.82) is 0 Å². The molecule has 0 saturated carbocycles. The minimum absolute atomic E-state index is 0.0592. The molecule has 0 aromatic carbocycles. The maximum atomic E-state index is 12.1. The number of ether oxygens (including phenoxy) is 2. The summed E-state index contributed by atoms with van der Waals surface area (Å²) in [4.78, 5) is 21.8. The van der Waals surface area contributed by atoms with E-state index in [9.17, 15) is 4.79 Å². The van der Waals surface area contributed by atoms with Gasteiger partial charge in [-0.2, -0.15) is 0 Å². The zero-order valence-electron chi connectivity index (χ0n) is 12.5. The van der Waals surface area contributed by atoms with Gasteiger partial charge in [0.2, 0.25) is 0 Å². The third kappa shape index (κ3) is 5.15. The Kier molecular flexibility index (Phi) is 5.03. The molecule has 1 aliphatic rings. The van der Waals surface area contributed by atoms with Gasteiger partial charge >= 0.3 is 6.09 Å². The quantitative estimate of drug-likeness (QED) is 0.761. The van der Waals surface area contributed by atoms with Crippen molar-refractivity contribution in [3.8, 4) is 5.75 Å². The van der Waals surface area contributed by atoms with Gasteiger partial charge in [-0.1, -0.05) is 0 Å². The second-order valence-corrected chi connectivity index (χ2v) is 6.71. The van der Waals surface area contributed by atoms with Crippen LogP contribution < -0.4 is 4.74 Å². The number of hydrogen-bond acceptors (Lipinski definition) is 5. The minimum Gasteiger partial charge on any atom is -0.485 e. The van der Waals surface area contributed by atoms with Crippen LogP contribution in [0.2, 0.25) is 0 Å². The van der Waals surface area contributed by atoms with Gasteiger partial charge in [-0.25, -0.2) is 14.8 Å². The first-order valence-electron chi connectivity index (χ1n) is 6.95. The molecular weight excluding hydrogens is 338 g/mol. The molecule has 2 heterocycles. The standard InChI is InChI=1S/C14H20BrN3O3/c1-14(2,3)21-13(19)18-6-4-5-10(9-18)20-11-7-16-12(15)17-8-11/h7-8,10H,4-6,9H2,1-3H3. The monoisotopic (exact) mass is 357 g/mol. The fourth-order valence-corrected chi connectivity index (χ4v) is 2.29. The first-order chi connectivity index (χ1) is 9.83. The fourth-order valence-electron chi connectivity index (χ4n) is 2.08. The second kappa shape index (κ2) is 6.60. The van der Waals surface area contributed by atoms with Crippen molar-refractivity contribution in [2.24, 2.45) is 0 Å². The van der Waals surface area contributed by atoms with Gasteiger partial charge in [0.25, 0.3) is 0 Å². The molecule has 0 radical (unpaired) electrons. The molecule has 0 aliphatic carbocycles. The molecule has 116 valence electrons. The van der Waals surface area contributed by atoms with E-state index in [1.54, 1.807) is 17.3 Å². The highest BCUT2D eigenvalue weighted by atomic mass is 79.9. The summed E-state index contributed by atoms with van der Waals surface area (Å²) in [5.74, 6) is 0.606. The maximum Gasteiger partial charge on any atom is 0.410 e. The molecule has 1 aromatic heterocycles. The van der Waals surface area contributed by atoms with Crippen LogP contribution in [0, 0.1) is 0 Å². The van der Waals surface area contributed by atoms with Gasteiger partial charge < -0.3 is 14.4 Å². The van der Waals surface area contributed by atoms with Gasteiger partial charge in [0.15, 0.2) is 10.5 Å². The van der Waals surface area contributed by atoms with Crippen LogP contribution in [0.1, 0.15) is 33.6 Å². The Bertz CT molecular complexity index is 487. The summed E-state index contributed by atoms with van der Waals surface area (Å²) in [5, 5.41) is 0. The number of carbonyl (C=O) groups excluding carboxylic acids is 1. The number of likely N-dealkylation sites (tertiary alicyclic amines) is 1. The average molecular weight is 358 g/mol. The number of aromatic nitrogens is 2. The number of hydrogen-bond donors (Lipinski definition) is 0. The Hall–Kier alpha value is -1.37. The summed E-state index contributed by atoms with van der Waals surface area (Å²) < 4.78 is 11.7. The molecule has 0 bridgehead atoms. The molecule has 21 heavy (non-hydrogen) atoms. The molecule has 7 heteroatoms. The molecule has 1 aromatic rings. The Labute approximate surface area is 133 Å². The van der Waals surface area contributed by atoms with E-state index in [1.165, 1.54) is 0 Å². The summed E-state index contributed by atoms with van der Waals surface area (Å²) in [5.41, 5.74) is -0.482. The van der Waals surface area contributed by atoms with E-state index in [0.29, 0.717) is 23.6 Å². The Morgan fingerprint density at radius 2 is 2.05 bits per heavy atom. The minimum atomic E-state index is -0.482. The number of carbonyl (C=O) groups is 1. The van der Waals surface area contributed by atoms with Crippen molar-refractivity contribution in [2.75, 3.05) is 13.1 Å². The van der Waals surface area contributed by atoms with E-state index in [4.69, 9.17) is 9.47 Å². The van der Waals surface area contributed by atoms with Crippen molar-refractivity contribution in [2.45, 2.75) is 45.3 Å². The lowest BCUT2D eigenvalue weighted by atomic mass is 10.1. The van der Waals surface area contributed by atoms with Crippen LogP contribution in [-0.4, -0.2) is 45.8 Å². The topological polar surface area (TPSA) is 64.5 Å². The van der Waals surface area contributed by atoms with Gasteiger partial charge in [0.1, 0.15) is 11.7 Å². The lowest BCUT2D eigenvalue weighted by molar-refractivity contribution is 0.00768. The predicted octanol–water partition coefficient (Wildman–Crippen LogP) is 3.02. The molecule has 1 aliphatic heterocycles. The largest absolute Gasteiger partial charge is 0.485 e. The summed E-state index contributed by atoms with van der Waals surface area (Å²) in [6.45, 7) is 6.81. The Balaban J connectivity index is 1.91. The first-order valence-corrected chi connectivity index (χ1v) is 7.75. The number of amides is 1. The summed E-state index contributed by atoms with van der Waals surface area (Å²) in [7, 11) is 0. The maximum absolute atomic E-state index is 12.1. The highest BCUT2D eigenvalue weighted by Gasteiger charge is 2.28. The molecule has 1 amide bonds. The smallest absolute Gasteiger partial charge is 0.410 e. The number of rotatable bonds is 2. The zero-order chi connectivity index (χ0) is 15.5. The molecule has 1 atom stereocenters. The average Bonchev–Trinajstić information content (AvgIpc) is 2.40. The van der Waals surface area contributed by atoms with Gasteiger partial charge in [0, 0.05) is 6.54 Å². The SMILES string of the molecule is CC(C)(C)OC(=O)N1CCCC(Oc2cnc(Br)nc2)C1. The highest BCUT2D eigenvalue weighted by molar-refractivity contribution is 9.10. The van der Waals surface area contributed by atoms with Crippen LogP contribution in [0.15, 0.2) is 17.1 Å². The molecule has 0 N–H and O–H groups in total. The van der Waals surface area contributed by atoms with Crippen molar-refractivity contribution in [1.82, 2.24) is 14.9 Å². The number of halogens is 1. The van der Waals surface area contributed by atoms with E-state index in [-0.39, 0.29) is 12.2 Å². The van der Waals surface area contributed by atoms with Crippen LogP contribution in [0.4, 0.5) is 4.79 Å². The van der Waals surface area contributed by atoms with Crippen molar-refractivity contribution < 1.29 is 14.3 Å². The van der Waals surface area contributed by atoms with E-state index < -0.39 is 5.60 Å². The van der Waals surface area contributed by atoms with Gasteiger partial charge in [-0.05, 0) is 49.5 Å². The molecule has 0 spiro atoms. The first kappa shape index (κ1) is 16.0. The molecule has 1 unspecified atom stereocenters. The third-order valence-corrected chi connectivity index (χ3v) is 3.34. The lowest BCUT2D eigenvalue weighted by Gasteiger charge is -2.34. The van der Waals surface area contributed by atoms with E-state index >= 15 is 0 Å². The summed E-state index contributed by atoms with van der Waals surface area (Å²) in [6, 6.07) is 0. The van der Waals surface area contributed by atoms with E-state index in [1.807, 2.05) is 20.8 Å². The Morgan fingerprint density at radius 1 is 1.38 bits per heavy atom. The Morgan fingerprint density at radius 3 is 2.67 bits per heavy atom. The number of piperidine rings is 1. The van der Waals surface area contributed by atoms with Gasteiger partial charge in [-0.3, -0.25) is 0 Å². The predicted molar refractivity (Wildman–Crippen MR) is 81.2 cm³/mol. The molecule has 1 fully saturated rings. The lowest BCUT2D eigenvalue weighted by Crippen LogP contribution is -2.46. The van der Waals surface area contributed by atoms with Crippen LogP contribution in [0.25, 0.3) is 0 Å². The van der Waals surface area contributed by atoms with E-state index in [0.717, 1.165) is 12.8 Å². The zero-order valence-corrected chi connectivity index (χ0v) is 14.1. The van der Waals surface area contributed by atoms with Crippen molar-refractivity contribution >= 4 is 22.0 Å². The van der Waals surface area contributed by atoms with E-state index in [2.05, 4.69) is 25.9 Å². The van der Waals surface area contributed by atoms with Crippen LogP contribution in [0.3, 0.4) is 0 Å². The van der Waals surface area contributed by atoms with Crippen molar-refractivity contribution in [3.05, 3.63) is 17.1 Å². The third-order valence-electron chi connectivity index (χ3n) is 2.93. The second-order valence-electron chi connectivity index (χ2n) is 6.00. The van der Waals surface area contributed by atoms with Gasteiger partial charge in [-0.15, -0.1) is 0 Å². The van der Waals surface area contributed by atoms with Crippen LogP contribution in [-0.2, 0) is 4.74 Å². The van der Waals surface area contributed by atoms with Crippen molar-refractivity contribution in [3.63, 3.8) is 0 Å². The normalized spacial score (nSPS) is 19.2. The highest BCUT2D eigenvalue weighted by Crippen LogP contribution is 2.19. The summed E-state index contributed by atoms with van der Waals surface area (Å²) >= 11 is 3.18. The number of nitrogens with zero attached hydrogens (tertiary/aromatic N) is 3. The van der Waals surface area contributed by atoms with Crippen LogP contribution >= 0.6 is 15.9 Å². The summed E-state index contributed by atoms with van der Waals surface area (Å²) in [6.07, 6.45) is 4.67. The van der Waals surface area contributed by atoms with Gasteiger partial charge in [0.05, 0.1) is 18.9 Å². The fraction of sp³-hybridized carbons (Fsp3) is 0.643. The van der Waals surface area contributed by atoms with Crippen LogP contribution in [0.5, 0.6) is 5.75 Å². The molecule has 1 saturated heterocycles.